The molecule has 17 heavy (non-hydrogen) atoms. The predicted octanol–water partition coefficient (Wildman–Crippen LogP) is 3.20. The number of benzene rings is 1. The van der Waals surface area contributed by atoms with Crippen molar-refractivity contribution in [3.05, 3.63) is 64.9 Å². The van der Waals surface area contributed by atoms with Crippen LogP contribution in [0.15, 0.2) is 59.3 Å². The molecule has 0 N–H and O–H groups in total. The molecule has 0 aliphatic carbocycles. The first kappa shape index (κ1) is 14.1. The second-order valence-electron chi connectivity index (χ2n) is 3.48. The summed E-state index contributed by atoms with van der Waals surface area (Å²) in [5, 5.41) is 0. The number of hydrogen-bond donors (Lipinski definition) is 0. The molecule has 1 heterocycles. The molecule has 4 heteroatoms. The van der Waals surface area contributed by atoms with Gasteiger partial charge in [0, 0.05) is 11.6 Å². The van der Waals surface area contributed by atoms with Crippen molar-refractivity contribution < 1.29 is 9.36 Å². The number of halogens is 2. The van der Waals surface area contributed by atoms with Crippen LogP contribution >= 0.6 is 32.9 Å². The van der Waals surface area contributed by atoms with Crippen LogP contribution in [0.5, 0.6) is 0 Å². The highest BCUT2D eigenvalue weighted by Crippen LogP contribution is 2.04. The van der Waals surface area contributed by atoms with Gasteiger partial charge in [0.2, 0.25) is 12.3 Å². The number of ketones is 1. The smallest absolute Gasteiger partial charge is 0.227 e. The van der Waals surface area contributed by atoms with Crippen molar-refractivity contribution in [2.45, 2.75) is 6.54 Å². The topological polar surface area (TPSA) is 20.9 Å². The van der Waals surface area contributed by atoms with Crippen LogP contribution in [0.3, 0.4) is 0 Å². The number of Topliss-reactive ketones (excluding diaryl/α,β-unsaturated/α-hetero) is 1. The van der Waals surface area contributed by atoms with Gasteiger partial charge in [-0.1, -0.05) is 30.3 Å². The minimum Gasteiger partial charge on any atom is -0.287 e. The molecule has 0 unspecified atom stereocenters. The zero-order valence-electron chi connectivity index (χ0n) is 9.04. The second-order valence-corrected chi connectivity index (χ2v) is 4.40. The Morgan fingerprint density at radius 1 is 1.12 bits per heavy atom. The third-order valence-electron chi connectivity index (χ3n) is 2.24. The van der Waals surface area contributed by atoms with E-state index in [1.54, 1.807) is 0 Å². The van der Waals surface area contributed by atoms with Gasteiger partial charge in [-0.25, -0.2) is 0 Å². The Labute approximate surface area is 119 Å². The van der Waals surface area contributed by atoms with Crippen molar-refractivity contribution >= 4 is 38.7 Å². The van der Waals surface area contributed by atoms with E-state index < -0.39 is 0 Å². The van der Waals surface area contributed by atoms with Gasteiger partial charge in [-0.2, -0.15) is 4.57 Å². The van der Waals surface area contributed by atoms with Crippen molar-refractivity contribution in [3.63, 3.8) is 0 Å². The normalized spacial score (nSPS) is 9.47. The maximum atomic E-state index is 11.9. The summed E-state index contributed by atoms with van der Waals surface area (Å²) in [6, 6.07) is 13.2. The summed E-state index contributed by atoms with van der Waals surface area (Å²) in [5.74, 6) is 0.115. The number of carbonyl (C=O) groups is 1. The van der Waals surface area contributed by atoms with Crippen LogP contribution in [0.2, 0.25) is 0 Å². The van der Waals surface area contributed by atoms with E-state index in [0.717, 1.165) is 10.0 Å². The van der Waals surface area contributed by atoms with E-state index in [9.17, 15) is 4.79 Å². The van der Waals surface area contributed by atoms with Gasteiger partial charge in [0.05, 0.1) is 4.47 Å². The molecule has 2 nitrogen and oxygen atoms in total. The van der Waals surface area contributed by atoms with Crippen molar-refractivity contribution in [2.24, 2.45) is 0 Å². The van der Waals surface area contributed by atoms with Crippen LogP contribution < -0.4 is 4.57 Å². The van der Waals surface area contributed by atoms with E-state index in [1.165, 1.54) is 0 Å². The van der Waals surface area contributed by atoms with E-state index in [1.807, 2.05) is 59.4 Å². The molecule has 0 saturated carbocycles. The fraction of sp³-hybridized carbons (Fsp3) is 0.0769. The molecule has 0 bridgehead atoms. The number of pyridine rings is 1. The van der Waals surface area contributed by atoms with Crippen molar-refractivity contribution in [2.75, 3.05) is 0 Å². The SMILES string of the molecule is Br.O=C(C[n+]1cccc(Br)c1)c1ccccc1. The van der Waals surface area contributed by atoms with Gasteiger partial charge in [-0.05, 0) is 22.0 Å². The molecule has 0 aliphatic heterocycles. The molecule has 1 aromatic carbocycles. The highest BCUT2D eigenvalue weighted by molar-refractivity contribution is 9.10. The van der Waals surface area contributed by atoms with Gasteiger partial charge in [0.15, 0.2) is 12.4 Å². The van der Waals surface area contributed by atoms with Crippen LogP contribution in [0.25, 0.3) is 0 Å². The number of aromatic nitrogens is 1. The Bertz CT molecular complexity index is 500. The van der Waals surface area contributed by atoms with Gasteiger partial charge >= 0.3 is 0 Å². The Hall–Kier alpha value is -1.00. The number of rotatable bonds is 3. The summed E-state index contributed by atoms with van der Waals surface area (Å²) in [5.41, 5.74) is 0.745. The fourth-order valence-electron chi connectivity index (χ4n) is 1.47. The molecule has 0 atom stereocenters. The lowest BCUT2D eigenvalue weighted by Crippen LogP contribution is -2.37. The summed E-state index contributed by atoms with van der Waals surface area (Å²) in [6.45, 7) is 0.365. The first-order chi connectivity index (χ1) is 7.75. The first-order valence-electron chi connectivity index (χ1n) is 4.98. The summed E-state index contributed by atoms with van der Waals surface area (Å²) >= 11 is 3.38. The Morgan fingerprint density at radius 2 is 1.82 bits per heavy atom. The van der Waals surface area contributed by atoms with Crippen molar-refractivity contribution in [1.29, 1.82) is 0 Å². The van der Waals surface area contributed by atoms with E-state index >= 15 is 0 Å². The summed E-state index contributed by atoms with van der Waals surface area (Å²) in [7, 11) is 0. The Balaban J connectivity index is 0.00000144. The molecule has 2 rings (SSSR count). The Morgan fingerprint density at radius 3 is 2.47 bits per heavy atom. The lowest BCUT2D eigenvalue weighted by Gasteiger charge is -1.97. The molecule has 0 spiro atoms. The maximum Gasteiger partial charge on any atom is 0.227 e. The molecular formula is C13H12Br2NO+. The molecular weight excluding hydrogens is 346 g/mol. The van der Waals surface area contributed by atoms with Gasteiger partial charge in [-0.15, -0.1) is 17.0 Å². The van der Waals surface area contributed by atoms with Crippen LogP contribution in [0.1, 0.15) is 10.4 Å². The third-order valence-corrected chi connectivity index (χ3v) is 2.71. The minimum absolute atomic E-state index is 0. The number of nitrogens with zero attached hydrogens (tertiary/aromatic N) is 1. The van der Waals surface area contributed by atoms with Gasteiger partial charge in [-0.3, -0.25) is 4.79 Å². The molecule has 0 fully saturated rings. The van der Waals surface area contributed by atoms with Crippen LogP contribution in [-0.2, 0) is 6.54 Å². The summed E-state index contributed by atoms with van der Waals surface area (Å²) in [6.07, 6.45) is 3.77. The van der Waals surface area contributed by atoms with Crippen LogP contribution in [0.4, 0.5) is 0 Å². The average Bonchev–Trinajstić information content (AvgIpc) is 2.30. The summed E-state index contributed by atoms with van der Waals surface area (Å²) in [4.78, 5) is 11.9. The molecule has 88 valence electrons. The second kappa shape index (κ2) is 6.67. The fourth-order valence-corrected chi connectivity index (χ4v) is 1.89. The van der Waals surface area contributed by atoms with Crippen LogP contribution in [-0.4, -0.2) is 5.78 Å². The largest absolute Gasteiger partial charge is 0.287 e. The zero-order valence-corrected chi connectivity index (χ0v) is 12.3. The third kappa shape index (κ3) is 4.06. The molecule has 0 amide bonds. The van der Waals surface area contributed by atoms with Crippen molar-refractivity contribution in [1.82, 2.24) is 0 Å². The van der Waals surface area contributed by atoms with Gasteiger partial charge in [0.1, 0.15) is 0 Å². The van der Waals surface area contributed by atoms with Crippen LogP contribution in [0, 0.1) is 0 Å². The lowest BCUT2D eigenvalue weighted by molar-refractivity contribution is -0.683. The molecule has 1 aromatic heterocycles. The number of carbonyl (C=O) groups excluding carboxylic acids is 1. The van der Waals surface area contributed by atoms with E-state index in [2.05, 4.69) is 15.9 Å². The number of hydrogen-bond acceptors (Lipinski definition) is 1. The Kier molecular flexibility index (Phi) is 5.51. The van der Waals surface area contributed by atoms with Crippen molar-refractivity contribution in [3.8, 4) is 0 Å². The first-order valence-corrected chi connectivity index (χ1v) is 5.78. The monoisotopic (exact) mass is 356 g/mol. The molecule has 0 saturated heterocycles. The van der Waals surface area contributed by atoms with E-state index in [0.29, 0.717) is 6.54 Å². The quantitative estimate of drug-likeness (QED) is 0.610. The standard InChI is InChI=1S/C13H11BrNO.BrH/c14-12-7-4-8-15(9-12)10-13(16)11-5-2-1-3-6-11;/h1-9H,10H2;1H/q+1;. The summed E-state index contributed by atoms with van der Waals surface area (Å²) < 4.78 is 2.83. The van der Waals surface area contributed by atoms with E-state index in [-0.39, 0.29) is 22.8 Å². The molecule has 0 radical (unpaired) electrons. The average molecular weight is 358 g/mol. The predicted molar refractivity (Wildman–Crippen MR) is 75.4 cm³/mol. The zero-order chi connectivity index (χ0) is 11.4. The van der Waals surface area contributed by atoms with Gasteiger partial charge in [0.25, 0.3) is 0 Å². The minimum atomic E-state index is 0. The lowest BCUT2D eigenvalue weighted by atomic mass is 10.1. The highest BCUT2D eigenvalue weighted by atomic mass is 79.9. The van der Waals surface area contributed by atoms with E-state index in [4.69, 9.17) is 0 Å². The maximum absolute atomic E-state index is 11.9. The highest BCUT2D eigenvalue weighted by Gasteiger charge is 2.11. The van der Waals surface area contributed by atoms with Gasteiger partial charge < -0.3 is 0 Å². The molecule has 0 aliphatic rings. The molecule has 2 aromatic rings.